The summed E-state index contributed by atoms with van der Waals surface area (Å²) in [6.07, 6.45) is 5.85. The Kier molecular flexibility index (Phi) is 4.55. The number of hydrogen-bond donors (Lipinski definition) is 0. The van der Waals surface area contributed by atoms with Gasteiger partial charge in [-0.2, -0.15) is 5.10 Å². The highest BCUT2D eigenvalue weighted by atomic mass is 19.1. The van der Waals surface area contributed by atoms with Crippen molar-refractivity contribution in [1.29, 1.82) is 0 Å². The van der Waals surface area contributed by atoms with Gasteiger partial charge in [0.05, 0.1) is 0 Å². The highest BCUT2D eigenvalue weighted by molar-refractivity contribution is 5.75. The molecule has 1 aromatic carbocycles. The average molecular weight is 315 g/mol. The number of Topliss-reactive ketones (excluding diaryl/α,β-unsaturated/α-hetero) is 1. The minimum absolute atomic E-state index is 0.0637. The molecule has 0 radical (unpaired) electrons. The van der Waals surface area contributed by atoms with Crippen LogP contribution in [-0.4, -0.2) is 20.5 Å². The van der Waals surface area contributed by atoms with Gasteiger partial charge in [-0.1, -0.05) is 19.3 Å². The van der Waals surface area contributed by atoms with E-state index in [9.17, 15) is 9.18 Å². The molecule has 0 unspecified atom stereocenters. The molecule has 0 N–H and O–H groups in total. The first kappa shape index (κ1) is 15.8. The molecule has 0 atom stereocenters. The molecule has 4 nitrogen and oxygen atoms in total. The first-order valence-electron chi connectivity index (χ1n) is 8.25. The van der Waals surface area contributed by atoms with E-state index in [0.717, 1.165) is 24.2 Å². The number of ketones is 1. The van der Waals surface area contributed by atoms with Crippen molar-refractivity contribution in [3.05, 3.63) is 35.4 Å². The molecule has 1 fully saturated rings. The largest absolute Gasteiger partial charge is 0.298 e. The zero-order chi connectivity index (χ0) is 16.4. The van der Waals surface area contributed by atoms with E-state index in [1.807, 2.05) is 0 Å². The molecule has 5 heteroatoms. The van der Waals surface area contributed by atoms with Crippen LogP contribution >= 0.6 is 0 Å². The Labute approximate surface area is 135 Å². The molecule has 0 bridgehead atoms. The van der Waals surface area contributed by atoms with Gasteiger partial charge in [-0.05, 0) is 50.5 Å². The topological polar surface area (TPSA) is 47.8 Å². The third-order valence-electron chi connectivity index (χ3n) is 4.46. The van der Waals surface area contributed by atoms with Gasteiger partial charge >= 0.3 is 0 Å². The SMILES string of the molecule is CC(=O)Cn1nc(-c2ccc(F)c(C)c2)nc1C1CCCCC1. The van der Waals surface area contributed by atoms with Crippen LogP contribution in [0.4, 0.5) is 4.39 Å². The Balaban J connectivity index is 1.99. The predicted molar refractivity (Wildman–Crippen MR) is 86.7 cm³/mol. The minimum Gasteiger partial charge on any atom is -0.298 e. The molecule has 122 valence electrons. The summed E-state index contributed by atoms with van der Waals surface area (Å²) in [5.74, 6) is 1.68. The number of carbonyl (C=O) groups excluding carboxylic acids is 1. The summed E-state index contributed by atoms with van der Waals surface area (Å²) in [6.45, 7) is 3.54. The zero-order valence-corrected chi connectivity index (χ0v) is 13.7. The second kappa shape index (κ2) is 6.60. The lowest BCUT2D eigenvalue weighted by Crippen LogP contribution is -2.16. The van der Waals surface area contributed by atoms with Gasteiger partial charge in [0.25, 0.3) is 0 Å². The molecule has 1 aliphatic rings. The second-order valence-corrected chi connectivity index (χ2v) is 6.45. The normalized spacial score (nSPS) is 15.8. The van der Waals surface area contributed by atoms with Crippen molar-refractivity contribution in [3.8, 4) is 11.4 Å². The molecule has 0 spiro atoms. The Morgan fingerprint density at radius 3 is 2.70 bits per heavy atom. The summed E-state index contributed by atoms with van der Waals surface area (Å²) < 4.78 is 15.2. The molecule has 1 heterocycles. The number of aromatic nitrogens is 3. The molecule has 23 heavy (non-hydrogen) atoms. The lowest BCUT2D eigenvalue weighted by Gasteiger charge is -2.20. The van der Waals surface area contributed by atoms with Crippen LogP contribution in [0.5, 0.6) is 0 Å². The maximum absolute atomic E-state index is 13.5. The van der Waals surface area contributed by atoms with Crippen LogP contribution in [0.25, 0.3) is 11.4 Å². The van der Waals surface area contributed by atoms with Crippen molar-refractivity contribution < 1.29 is 9.18 Å². The summed E-state index contributed by atoms with van der Waals surface area (Å²) in [5, 5.41) is 4.53. The fourth-order valence-electron chi connectivity index (χ4n) is 3.25. The second-order valence-electron chi connectivity index (χ2n) is 6.45. The molecular weight excluding hydrogens is 293 g/mol. The summed E-state index contributed by atoms with van der Waals surface area (Å²) in [5.41, 5.74) is 1.37. The van der Waals surface area contributed by atoms with Crippen molar-refractivity contribution >= 4 is 5.78 Å². The number of nitrogens with zero attached hydrogens (tertiary/aromatic N) is 3. The average Bonchev–Trinajstić information content (AvgIpc) is 2.94. The molecule has 1 saturated carbocycles. The summed E-state index contributed by atoms with van der Waals surface area (Å²) in [7, 11) is 0. The number of hydrogen-bond acceptors (Lipinski definition) is 3. The van der Waals surface area contributed by atoms with Crippen LogP contribution in [0.3, 0.4) is 0 Å². The Hall–Kier alpha value is -2.04. The lowest BCUT2D eigenvalue weighted by atomic mass is 9.88. The Morgan fingerprint density at radius 2 is 2.04 bits per heavy atom. The van der Waals surface area contributed by atoms with Gasteiger partial charge in [-0.3, -0.25) is 4.79 Å². The molecule has 3 rings (SSSR count). The quantitative estimate of drug-likeness (QED) is 0.856. The van der Waals surface area contributed by atoms with E-state index >= 15 is 0 Å². The van der Waals surface area contributed by atoms with Crippen LogP contribution in [-0.2, 0) is 11.3 Å². The maximum atomic E-state index is 13.5. The summed E-state index contributed by atoms with van der Waals surface area (Å²) >= 11 is 0. The molecule has 1 aliphatic carbocycles. The molecule has 2 aromatic rings. The summed E-state index contributed by atoms with van der Waals surface area (Å²) in [4.78, 5) is 16.3. The van der Waals surface area contributed by atoms with Gasteiger partial charge in [-0.25, -0.2) is 14.1 Å². The molecule has 0 aliphatic heterocycles. The van der Waals surface area contributed by atoms with E-state index in [4.69, 9.17) is 4.98 Å². The van der Waals surface area contributed by atoms with Crippen molar-refractivity contribution in [3.63, 3.8) is 0 Å². The molecule has 0 amide bonds. The fourth-order valence-corrected chi connectivity index (χ4v) is 3.25. The van der Waals surface area contributed by atoms with E-state index in [0.29, 0.717) is 17.3 Å². The number of aryl methyl sites for hydroxylation is 1. The van der Waals surface area contributed by atoms with Crippen LogP contribution in [0.15, 0.2) is 18.2 Å². The predicted octanol–water partition coefficient (Wildman–Crippen LogP) is 4.03. The summed E-state index contributed by atoms with van der Waals surface area (Å²) in [6, 6.07) is 4.89. The van der Waals surface area contributed by atoms with Gasteiger partial charge in [-0.15, -0.1) is 0 Å². The van der Waals surface area contributed by atoms with E-state index in [1.165, 1.54) is 25.3 Å². The fraction of sp³-hybridized carbons (Fsp3) is 0.500. The lowest BCUT2D eigenvalue weighted by molar-refractivity contribution is -0.117. The first-order chi connectivity index (χ1) is 11.0. The zero-order valence-electron chi connectivity index (χ0n) is 13.7. The van der Waals surface area contributed by atoms with E-state index in [2.05, 4.69) is 5.10 Å². The molecular formula is C18H22FN3O. The van der Waals surface area contributed by atoms with Crippen LogP contribution in [0, 0.1) is 12.7 Å². The number of benzene rings is 1. The van der Waals surface area contributed by atoms with E-state index < -0.39 is 0 Å². The minimum atomic E-state index is -0.232. The third-order valence-corrected chi connectivity index (χ3v) is 4.46. The highest BCUT2D eigenvalue weighted by Gasteiger charge is 2.23. The van der Waals surface area contributed by atoms with Crippen molar-refractivity contribution in [2.24, 2.45) is 0 Å². The number of halogens is 1. The maximum Gasteiger partial charge on any atom is 0.181 e. The van der Waals surface area contributed by atoms with Gasteiger partial charge in [0.1, 0.15) is 18.2 Å². The van der Waals surface area contributed by atoms with Gasteiger partial charge < -0.3 is 0 Å². The van der Waals surface area contributed by atoms with Gasteiger partial charge in [0.2, 0.25) is 0 Å². The first-order valence-corrected chi connectivity index (χ1v) is 8.25. The number of rotatable bonds is 4. The van der Waals surface area contributed by atoms with Gasteiger partial charge in [0, 0.05) is 11.5 Å². The Bertz CT molecular complexity index is 717. The van der Waals surface area contributed by atoms with Crippen molar-refractivity contribution in [2.45, 2.75) is 58.4 Å². The van der Waals surface area contributed by atoms with E-state index in [1.54, 1.807) is 30.7 Å². The standard InChI is InChI=1S/C18H22FN3O/c1-12-10-15(8-9-16(12)19)17-20-18(14-6-4-3-5-7-14)22(21-17)11-13(2)23/h8-10,14H,3-7,11H2,1-2H3. The third kappa shape index (κ3) is 3.49. The molecule has 0 saturated heterocycles. The van der Waals surface area contributed by atoms with Crippen LogP contribution < -0.4 is 0 Å². The smallest absolute Gasteiger partial charge is 0.181 e. The number of carbonyl (C=O) groups is 1. The van der Waals surface area contributed by atoms with Gasteiger partial charge in [0.15, 0.2) is 11.6 Å². The Morgan fingerprint density at radius 1 is 1.30 bits per heavy atom. The van der Waals surface area contributed by atoms with Crippen molar-refractivity contribution in [1.82, 2.24) is 14.8 Å². The van der Waals surface area contributed by atoms with Crippen LogP contribution in [0.2, 0.25) is 0 Å². The molecule has 1 aromatic heterocycles. The van der Waals surface area contributed by atoms with E-state index in [-0.39, 0.29) is 18.1 Å². The van der Waals surface area contributed by atoms with Crippen LogP contribution in [0.1, 0.15) is 56.3 Å². The highest BCUT2D eigenvalue weighted by Crippen LogP contribution is 2.32. The van der Waals surface area contributed by atoms with Crippen molar-refractivity contribution in [2.75, 3.05) is 0 Å². The monoisotopic (exact) mass is 315 g/mol.